The molecule has 2 aromatic rings. The maximum Gasteiger partial charge on any atom is 0.167 e. The summed E-state index contributed by atoms with van der Waals surface area (Å²) in [6.07, 6.45) is 4.93. The largest absolute Gasteiger partial charge is 0.506 e. The van der Waals surface area contributed by atoms with Crippen molar-refractivity contribution in [3.8, 4) is 11.5 Å². The van der Waals surface area contributed by atoms with E-state index >= 15 is 0 Å². The van der Waals surface area contributed by atoms with Gasteiger partial charge in [0, 0.05) is 25.7 Å². The summed E-state index contributed by atoms with van der Waals surface area (Å²) in [5.41, 5.74) is 0.643. The van der Waals surface area contributed by atoms with Gasteiger partial charge in [-0.05, 0) is 48.9 Å². The second kappa shape index (κ2) is 9.30. The molecule has 1 aromatic carbocycles. The number of hydrogen-bond donors (Lipinski definition) is 2. The molecule has 0 radical (unpaired) electrons. The molecule has 1 aliphatic carbocycles. The summed E-state index contributed by atoms with van der Waals surface area (Å²) in [6.45, 7) is 2.91. The van der Waals surface area contributed by atoms with Gasteiger partial charge in [-0.1, -0.05) is 6.42 Å². The number of halogens is 2. The highest BCUT2D eigenvalue weighted by Crippen LogP contribution is 2.38. The van der Waals surface area contributed by atoms with E-state index in [-0.39, 0.29) is 11.5 Å². The molecule has 0 amide bonds. The van der Waals surface area contributed by atoms with Crippen LogP contribution in [0.1, 0.15) is 31.1 Å². The molecule has 1 unspecified atom stereocenters. The first-order valence-electron chi connectivity index (χ1n) is 9.50. The topological polar surface area (TPSA) is 65.8 Å². The van der Waals surface area contributed by atoms with Gasteiger partial charge in [-0.25, -0.2) is 8.78 Å². The fourth-order valence-corrected chi connectivity index (χ4v) is 4.05. The molecular formula is C21H26F2N2O3. The molecule has 2 heterocycles. The van der Waals surface area contributed by atoms with Crippen molar-refractivity contribution in [2.75, 3.05) is 26.7 Å². The standard InChI is InChI=1S/C14H20N2O2.C7H6F2O/c17-12-4-5-13(15-6-12)14(18)9-16-7-10-2-1-3-11(10)8-16;1-10-7-3-2-5(8)4-6(7)9/h4-6,10-11,14,17-18H,1-3,7-9H2;2-4H,1H3/t10-,11+,14?;. The molecule has 152 valence electrons. The second-order valence-corrected chi connectivity index (χ2v) is 7.41. The number of likely N-dealkylation sites (tertiary alicyclic amines) is 1. The Morgan fingerprint density at radius 2 is 1.89 bits per heavy atom. The van der Waals surface area contributed by atoms with Gasteiger partial charge in [0.2, 0.25) is 0 Å². The Morgan fingerprint density at radius 1 is 1.18 bits per heavy atom. The number of aromatic nitrogens is 1. The molecule has 2 aliphatic rings. The average molecular weight is 392 g/mol. The van der Waals surface area contributed by atoms with Crippen molar-refractivity contribution >= 4 is 0 Å². The number of pyridine rings is 1. The van der Waals surface area contributed by atoms with Gasteiger partial charge in [0.15, 0.2) is 11.6 Å². The maximum atomic E-state index is 12.5. The van der Waals surface area contributed by atoms with Crippen LogP contribution in [0.15, 0.2) is 36.5 Å². The average Bonchev–Trinajstić information content (AvgIpc) is 3.24. The first-order chi connectivity index (χ1) is 13.5. The predicted molar refractivity (Wildman–Crippen MR) is 101 cm³/mol. The molecule has 0 bridgehead atoms. The third kappa shape index (κ3) is 5.17. The smallest absolute Gasteiger partial charge is 0.167 e. The van der Waals surface area contributed by atoms with E-state index < -0.39 is 17.7 Å². The first kappa shape index (κ1) is 20.5. The normalized spacial score (nSPS) is 22.3. The molecule has 1 saturated heterocycles. The van der Waals surface area contributed by atoms with Crippen molar-refractivity contribution in [3.63, 3.8) is 0 Å². The van der Waals surface area contributed by atoms with E-state index in [2.05, 4.69) is 14.6 Å². The molecule has 1 saturated carbocycles. The van der Waals surface area contributed by atoms with Crippen molar-refractivity contribution < 1.29 is 23.7 Å². The number of benzene rings is 1. The summed E-state index contributed by atoms with van der Waals surface area (Å²) in [5, 5.41) is 19.3. The first-order valence-corrected chi connectivity index (χ1v) is 9.50. The van der Waals surface area contributed by atoms with Crippen LogP contribution in [-0.4, -0.2) is 46.8 Å². The van der Waals surface area contributed by atoms with Gasteiger partial charge in [0.25, 0.3) is 0 Å². The Hall–Kier alpha value is -2.25. The van der Waals surface area contributed by atoms with Crippen LogP contribution < -0.4 is 4.74 Å². The molecule has 3 atom stereocenters. The fraction of sp³-hybridized carbons (Fsp3) is 0.476. The van der Waals surface area contributed by atoms with Crippen LogP contribution in [0, 0.1) is 23.5 Å². The number of β-amino-alcohol motifs (C(OH)–C–C–N with tert-alkyl or cyclic N) is 1. The molecule has 2 N–H and O–H groups in total. The minimum Gasteiger partial charge on any atom is -0.506 e. The molecule has 0 spiro atoms. The zero-order valence-corrected chi connectivity index (χ0v) is 15.9. The quantitative estimate of drug-likeness (QED) is 0.833. The number of aliphatic hydroxyl groups excluding tert-OH is 1. The van der Waals surface area contributed by atoms with E-state index in [9.17, 15) is 19.0 Å². The van der Waals surface area contributed by atoms with Crippen LogP contribution in [-0.2, 0) is 0 Å². The monoisotopic (exact) mass is 392 g/mol. The SMILES string of the molecule is COc1ccc(F)cc1F.Oc1ccc(C(O)CN2C[C@H]3CCC[C@H]3C2)nc1. The van der Waals surface area contributed by atoms with E-state index in [1.807, 2.05) is 0 Å². The molecule has 1 aromatic heterocycles. The van der Waals surface area contributed by atoms with Gasteiger partial charge in [0.05, 0.1) is 19.0 Å². The summed E-state index contributed by atoms with van der Waals surface area (Å²) in [5.74, 6) is 0.624. The molecule has 7 heteroatoms. The van der Waals surface area contributed by atoms with Crippen LogP contribution in [0.4, 0.5) is 8.78 Å². The van der Waals surface area contributed by atoms with Crippen molar-refractivity contribution in [3.05, 3.63) is 53.9 Å². The zero-order valence-electron chi connectivity index (χ0n) is 15.9. The second-order valence-electron chi connectivity index (χ2n) is 7.41. The third-order valence-corrected chi connectivity index (χ3v) is 5.46. The van der Waals surface area contributed by atoms with E-state index in [1.54, 1.807) is 12.1 Å². The molecule has 5 nitrogen and oxygen atoms in total. The highest BCUT2D eigenvalue weighted by Gasteiger charge is 2.36. The number of aliphatic hydroxyl groups is 1. The van der Waals surface area contributed by atoms with E-state index in [1.165, 1.54) is 38.6 Å². The van der Waals surface area contributed by atoms with Crippen molar-refractivity contribution in [1.29, 1.82) is 0 Å². The maximum absolute atomic E-state index is 12.5. The Labute approximate surface area is 163 Å². The lowest BCUT2D eigenvalue weighted by atomic mass is 10.0. The van der Waals surface area contributed by atoms with Gasteiger partial charge in [0.1, 0.15) is 17.7 Å². The number of methoxy groups -OCH3 is 1. The van der Waals surface area contributed by atoms with Crippen molar-refractivity contribution in [2.45, 2.75) is 25.4 Å². The van der Waals surface area contributed by atoms with Crippen LogP contribution in [0.2, 0.25) is 0 Å². The van der Waals surface area contributed by atoms with Crippen LogP contribution in [0.3, 0.4) is 0 Å². The zero-order chi connectivity index (χ0) is 20.1. The summed E-state index contributed by atoms with van der Waals surface area (Å²) in [6, 6.07) is 6.42. The number of aromatic hydroxyl groups is 1. The van der Waals surface area contributed by atoms with Crippen molar-refractivity contribution in [2.24, 2.45) is 11.8 Å². The van der Waals surface area contributed by atoms with Gasteiger partial charge in [-0.3, -0.25) is 9.88 Å². The highest BCUT2D eigenvalue weighted by atomic mass is 19.1. The Balaban J connectivity index is 0.000000192. The minimum absolute atomic E-state index is 0.0569. The number of nitrogens with zero attached hydrogens (tertiary/aromatic N) is 2. The predicted octanol–water partition coefficient (Wildman–Crippen LogP) is 3.53. The van der Waals surface area contributed by atoms with Gasteiger partial charge >= 0.3 is 0 Å². The summed E-state index contributed by atoms with van der Waals surface area (Å²) < 4.78 is 29.2. The van der Waals surface area contributed by atoms with Gasteiger partial charge < -0.3 is 14.9 Å². The Morgan fingerprint density at radius 3 is 2.46 bits per heavy atom. The highest BCUT2D eigenvalue weighted by molar-refractivity contribution is 5.24. The van der Waals surface area contributed by atoms with Gasteiger partial charge in [-0.2, -0.15) is 0 Å². The summed E-state index contributed by atoms with van der Waals surface area (Å²) >= 11 is 0. The van der Waals surface area contributed by atoms with Crippen LogP contribution in [0.25, 0.3) is 0 Å². The molecule has 28 heavy (non-hydrogen) atoms. The molecule has 2 fully saturated rings. The summed E-state index contributed by atoms with van der Waals surface area (Å²) in [4.78, 5) is 6.42. The molecule has 1 aliphatic heterocycles. The van der Waals surface area contributed by atoms with E-state index in [0.29, 0.717) is 12.2 Å². The molecular weight excluding hydrogens is 366 g/mol. The fourth-order valence-electron chi connectivity index (χ4n) is 4.05. The summed E-state index contributed by atoms with van der Waals surface area (Å²) in [7, 11) is 1.33. The number of hydrogen-bond acceptors (Lipinski definition) is 5. The number of rotatable bonds is 4. The minimum atomic E-state index is -0.678. The number of fused-ring (bicyclic) bond motifs is 1. The lowest BCUT2D eigenvalue weighted by molar-refractivity contribution is 0.118. The lowest BCUT2D eigenvalue weighted by Gasteiger charge is -2.20. The van der Waals surface area contributed by atoms with Gasteiger partial charge in [-0.15, -0.1) is 0 Å². The third-order valence-electron chi connectivity index (χ3n) is 5.46. The molecule has 4 rings (SSSR count). The van der Waals surface area contributed by atoms with E-state index in [4.69, 9.17) is 0 Å². The Bertz CT molecular complexity index is 761. The van der Waals surface area contributed by atoms with E-state index in [0.717, 1.165) is 37.1 Å². The number of ether oxygens (including phenoxy) is 1. The van der Waals surface area contributed by atoms with Crippen molar-refractivity contribution in [1.82, 2.24) is 9.88 Å². The van der Waals surface area contributed by atoms with Crippen LogP contribution in [0.5, 0.6) is 11.5 Å². The Kier molecular flexibility index (Phi) is 6.80. The lowest BCUT2D eigenvalue weighted by Crippen LogP contribution is -2.27. The van der Waals surface area contributed by atoms with Crippen LogP contribution >= 0.6 is 0 Å².